The summed E-state index contributed by atoms with van der Waals surface area (Å²) in [5.41, 5.74) is 6.34. The highest BCUT2D eigenvalue weighted by molar-refractivity contribution is 4.88. The van der Waals surface area contributed by atoms with Gasteiger partial charge in [-0.05, 0) is 31.1 Å². The topological polar surface area (TPSA) is 26.0 Å². The molecule has 2 N–H and O–H groups in total. The maximum Gasteiger partial charge on any atom is 0.0175 e. The van der Waals surface area contributed by atoms with Gasteiger partial charge < -0.3 is 5.73 Å². The van der Waals surface area contributed by atoms with Crippen molar-refractivity contribution in [2.45, 2.75) is 66.3 Å². The Balaban J connectivity index is 4.12. The molecule has 0 radical (unpaired) electrons. The third-order valence-electron chi connectivity index (χ3n) is 3.84. The summed E-state index contributed by atoms with van der Waals surface area (Å²) in [4.78, 5) is 0. The van der Waals surface area contributed by atoms with Crippen molar-refractivity contribution in [2.24, 2.45) is 23.5 Å². The Hall–Kier alpha value is -0.0400. The summed E-state index contributed by atoms with van der Waals surface area (Å²) in [6, 6.07) is 0. The second-order valence-corrected chi connectivity index (χ2v) is 5.55. The Morgan fingerprint density at radius 3 is 2.00 bits per heavy atom. The van der Waals surface area contributed by atoms with Crippen LogP contribution in [-0.2, 0) is 0 Å². The summed E-state index contributed by atoms with van der Waals surface area (Å²) in [7, 11) is 0. The fourth-order valence-corrected chi connectivity index (χ4v) is 2.04. The molecule has 0 heterocycles. The molecule has 0 amide bonds. The molecule has 0 aromatic rings. The van der Waals surface area contributed by atoms with Gasteiger partial charge in [0.25, 0.3) is 0 Å². The molecule has 0 aromatic carbocycles. The standard InChI is InChI=1S/C13H29N/c1-7-8-11(4)9-12(5)13(6,14)10(2)3/h10-12H,7-9,14H2,1-6H3. The Morgan fingerprint density at radius 1 is 1.14 bits per heavy atom. The molecule has 0 aromatic heterocycles. The van der Waals surface area contributed by atoms with Gasteiger partial charge in [0, 0.05) is 5.54 Å². The van der Waals surface area contributed by atoms with E-state index in [2.05, 4.69) is 41.5 Å². The molecule has 0 bridgehead atoms. The molecule has 3 atom stereocenters. The van der Waals surface area contributed by atoms with E-state index in [4.69, 9.17) is 5.73 Å². The van der Waals surface area contributed by atoms with Gasteiger partial charge in [-0.3, -0.25) is 0 Å². The van der Waals surface area contributed by atoms with Crippen LogP contribution in [0.2, 0.25) is 0 Å². The average Bonchev–Trinajstić information content (AvgIpc) is 2.03. The van der Waals surface area contributed by atoms with Gasteiger partial charge in [-0.15, -0.1) is 0 Å². The van der Waals surface area contributed by atoms with Gasteiger partial charge in [-0.1, -0.05) is 47.5 Å². The molecule has 0 aliphatic carbocycles. The zero-order valence-corrected chi connectivity index (χ0v) is 10.9. The van der Waals surface area contributed by atoms with Crippen LogP contribution in [0.25, 0.3) is 0 Å². The Kier molecular flexibility index (Phi) is 5.73. The largest absolute Gasteiger partial charge is 0.325 e. The van der Waals surface area contributed by atoms with E-state index >= 15 is 0 Å². The van der Waals surface area contributed by atoms with E-state index in [0.717, 1.165) is 5.92 Å². The van der Waals surface area contributed by atoms with Crippen LogP contribution in [-0.4, -0.2) is 5.54 Å². The van der Waals surface area contributed by atoms with E-state index in [1.165, 1.54) is 19.3 Å². The summed E-state index contributed by atoms with van der Waals surface area (Å²) < 4.78 is 0. The highest BCUT2D eigenvalue weighted by Crippen LogP contribution is 2.29. The lowest BCUT2D eigenvalue weighted by Crippen LogP contribution is -2.48. The first-order valence-corrected chi connectivity index (χ1v) is 6.11. The third-order valence-corrected chi connectivity index (χ3v) is 3.84. The first kappa shape index (κ1) is 14.0. The minimum Gasteiger partial charge on any atom is -0.325 e. The summed E-state index contributed by atoms with van der Waals surface area (Å²) in [6.45, 7) is 13.5. The summed E-state index contributed by atoms with van der Waals surface area (Å²) in [5.74, 6) is 1.99. The zero-order valence-electron chi connectivity index (χ0n) is 10.9. The second-order valence-electron chi connectivity index (χ2n) is 5.55. The van der Waals surface area contributed by atoms with Crippen LogP contribution in [0.15, 0.2) is 0 Å². The zero-order chi connectivity index (χ0) is 11.4. The van der Waals surface area contributed by atoms with Crippen molar-refractivity contribution in [3.05, 3.63) is 0 Å². The monoisotopic (exact) mass is 199 g/mol. The molecule has 0 aliphatic heterocycles. The van der Waals surface area contributed by atoms with Crippen LogP contribution in [0.5, 0.6) is 0 Å². The normalized spacial score (nSPS) is 20.6. The van der Waals surface area contributed by atoms with Crippen LogP contribution < -0.4 is 5.73 Å². The van der Waals surface area contributed by atoms with E-state index in [1.54, 1.807) is 0 Å². The molecule has 1 nitrogen and oxygen atoms in total. The second kappa shape index (κ2) is 5.75. The Labute approximate surface area is 90.5 Å². The van der Waals surface area contributed by atoms with Crippen molar-refractivity contribution < 1.29 is 0 Å². The van der Waals surface area contributed by atoms with E-state index in [9.17, 15) is 0 Å². The van der Waals surface area contributed by atoms with Gasteiger partial charge in [-0.25, -0.2) is 0 Å². The minimum absolute atomic E-state index is 0.0119. The van der Waals surface area contributed by atoms with Crippen molar-refractivity contribution in [3.63, 3.8) is 0 Å². The minimum atomic E-state index is -0.0119. The molecule has 1 heteroatoms. The predicted molar refractivity (Wildman–Crippen MR) is 65.3 cm³/mol. The van der Waals surface area contributed by atoms with Gasteiger partial charge in [0.1, 0.15) is 0 Å². The number of rotatable bonds is 6. The Bertz CT molecular complexity index is 149. The maximum absolute atomic E-state index is 6.35. The van der Waals surface area contributed by atoms with E-state index in [1.807, 2.05) is 0 Å². The average molecular weight is 199 g/mol. The highest BCUT2D eigenvalue weighted by Gasteiger charge is 2.30. The molecule has 0 aliphatic rings. The molecular formula is C13H29N. The Morgan fingerprint density at radius 2 is 1.64 bits per heavy atom. The van der Waals surface area contributed by atoms with Gasteiger partial charge in [0.15, 0.2) is 0 Å². The molecule has 0 rings (SSSR count). The first-order chi connectivity index (χ1) is 6.32. The van der Waals surface area contributed by atoms with Gasteiger partial charge in [0.2, 0.25) is 0 Å². The molecular weight excluding hydrogens is 170 g/mol. The third kappa shape index (κ3) is 4.00. The van der Waals surface area contributed by atoms with Crippen LogP contribution in [0.1, 0.15) is 60.8 Å². The van der Waals surface area contributed by atoms with Crippen molar-refractivity contribution in [2.75, 3.05) is 0 Å². The fraction of sp³-hybridized carbons (Fsp3) is 1.00. The molecule has 0 saturated heterocycles. The summed E-state index contributed by atoms with van der Waals surface area (Å²) in [6.07, 6.45) is 3.88. The van der Waals surface area contributed by atoms with Gasteiger partial charge >= 0.3 is 0 Å². The summed E-state index contributed by atoms with van der Waals surface area (Å²) in [5, 5.41) is 0. The van der Waals surface area contributed by atoms with Crippen molar-refractivity contribution >= 4 is 0 Å². The van der Waals surface area contributed by atoms with E-state index < -0.39 is 0 Å². The van der Waals surface area contributed by atoms with Crippen molar-refractivity contribution in [3.8, 4) is 0 Å². The lowest BCUT2D eigenvalue weighted by atomic mass is 9.74. The summed E-state index contributed by atoms with van der Waals surface area (Å²) >= 11 is 0. The number of hydrogen-bond acceptors (Lipinski definition) is 1. The molecule has 14 heavy (non-hydrogen) atoms. The molecule has 0 spiro atoms. The predicted octanol–water partition coefficient (Wildman–Crippen LogP) is 3.82. The quantitative estimate of drug-likeness (QED) is 0.691. The lowest BCUT2D eigenvalue weighted by Gasteiger charge is -2.37. The molecule has 0 fully saturated rings. The maximum atomic E-state index is 6.35. The van der Waals surface area contributed by atoms with Crippen LogP contribution in [0, 0.1) is 17.8 Å². The first-order valence-electron chi connectivity index (χ1n) is 6.11. The van der Waals surface area contributed by atoms with Crippen LogP contribution >= 0.6 is 0 Å². The lowest BCUT2D eigenvalue weighted by molar-refractivity contribution is 0.199. The van der Waals surface area contributed by atoms with Gasteiger partial charge in [-0.2, -0.15) is 0 Å². The van der Waals surface area contributed by atoms with Crippen LogP contribution in [0.3, 0.4) is 0 Å². The molecule has 86 valence electrons. The van der Waals surface area contributed by atoms with E-state index in [-0.39, 0.29) is 5.54 Å². The van der Waals surface area contributed by atoms with Crippen molar-refractivity contribution in [1.82, 2.24) is 0 Å². The highest BCUT2D eigenvalue weighted by atomic mass is 14.8. The van der Waals surface area contributed by atoms with Crippen LogP contribution in [0.4, 0.5) is 0 Å². The van der Waals surface area contributed by atoms with E-state index in [0.29, 0.717) is 11.8 Å². The number of hydrogen-bond donors (Lipinski definition) is 1. The van der Waals surface area contributed by atoms with Crippen molar-refractivity contribution in [1.29, 1.82) is 0 Å². The smallest absolute Gasteiger partial charge is 0.0175 e. The number of nitrogens with two attached hydrogens (primary N) is 1. The van der Waals surface area contributed by atoms with Gasteiger partial charge in [0.05, 0.1) is 0 Å². The molecule has 3 unspecified atom stereocenters. The molecule has 0 saturated carbocycles. The SMILES string of the molecule is CCCC(C)CC(C)C(C)(N)C(C)C. The fourth-order valence-electron chi connectivity index (χ4n) is 2.04.